The van der Waals surface area contributed by atoms with E-state index in [9.17, 15) is 14.4 Å². The Hall–Kier alpha value is -2.15. The fraction of sp³-hybridized carbons (Fsp3) is 0.667. The number of nitrogens with zero attached hydrogens (tertiary/aromatic N) is 2. The first kappa shape index (κ1) is 17.9. The molecule has 1 aliphatic carbocycles. The van der Waals surface area contributed by atoms with Crippen molar-refractivity contribution in [3.63, 3.8) is 0 Å². The van der Waals surface area contributed by atoms with Crippen LogP contribution in [0.4, 0.5) is 0 Å². The van der Waals surface area contributed by atoms with Crippen LogP contribution in [-0.2, 0) is 22.4 Å². The summed E-state index contributed by atoms with van der Waals surface area (Å²) in [4.78, 5) is 45.2. The predicted octanol–water partition coefficient (Wildman–Crippen LogP) is 1.45. The number of carbonyl (C=O) groups is 2. The molecule has 4 heterocycles. The molecule has 0 unspecified atom stereocenters. The third-order valence-electron chi connectivity index (χ3n) is 7.09. The molecule has 28 heavy (non-hydrogen) atoms. The largest absolute Gasteiger partial charge is 0.351 e. The van der Waals surface area contributed by atoms with Crippen LogP contribution in [0, 0.1) is 5.92 Å². The molecule has 3 fully saturated rings. The van der Waals surface area contributed by atoms with Crippen LogP contribution in [0.25, 0.3) is 0 Å². The zero-order chi connectivity index (χ0) is 19.6. The number of pyridine rings is 1. The van der Waals surface area contributed by atoms with E-state index in [4.69, 9.17) is 4.74 Å². The molecular weight excluding hydrogens is 358 g/mol. The van der Waals surface area contributed by atoms with Gasteiger partial charge in [0, 0.05) is 18.7 Å². The SMILES string of the molecule is CC(C)[C@@H]1CO[C@@]23CCN(C(=O)c4cc5c([nH]c4=O)CCCC5)[C@@H]2CC(=O)N13. The van der Waals surface area contributed by atoms with E-state index >= 15 is 0 Å². The number of aryl methyl sites for hydroxylation is 2. The molecule has 1 spiro atoms. The van der Waals surface area contributed by atoms with Crippen molar-refractivity contribution in [3.8, 4) is 0 Å². The average Bonchev–Trinajstić information content (AvgIpc) is 3.29. The number of aromatic amines is 1. The summed E-state index contributed by atoms with van der Waals surface area (Å²) in [6, 6.07) is 1.52. The number of likely N-dealkylation sites (tertiary alicyclic amines) is 1. The summed E-state index contributed by atoms with van der Waals surface area (Å²) >= 11 is 0. The molecule has 150 valence electrons. The molecule has 0 aromatic carbocycles. The van der Waals surface area contributed by atoms with Gasteiger partial charge in [-0.15, -0.1) is 0 Å². The van der Waals surface area contributed by atoms with Crippen LogP contribution in [0.3, 0.4) is 0 Å². The number of carbonyl (C=O) groups excluding carboxylic acids is 2. The maximum Gasteiger partial charge on any atom is 0.261 e. The van der Waals surface area contributed by atoms with Crippen LogP contribution in [0.15, 0.2) is 10.9 Å². The molecule has 0 bridgehead atoms. The van der Waals surface area contributed by atoms with Gasteiger partial charge in [-0.25, -0.2) is 0 Å². The van der Waals surface area contributed by atoms with E-state index in [1.165, 1.54) is 0 Å². The van der Waals surface area contributed by atoms with Gasteiger partial charge in [0.15, 0.2) is 5.72 Å². The van der Waals surface area contributed by atoms with Gasteiger partial charge in [0.25, 0.3) is 11.5 Å². The molecule has 1 aromatic rings. The molecule has 4 aliphatic rings. The summed E-state index contributed by atoms with van der Waals surface area (Å²) in [6.07, 6.45) is 4.79. The summed E-state index contributed by atoms with van der Waals surface area (Å²) in [5.41, 5.74) is 1.21. The quantitative estimate of drug-likeness (QED) is 0.835. The zero-order valence-corrected chi connectivity index (χ0v) is 16.5. The van der Waals surface area contributed by atoms with E-state index in [-0.39, 0.29) is 41.4 Å². The third-order valence-corrected chi connectivity index (χ3v) is 7.09. The highest BCUT2D eigenvalue weighted by molar-refractivity contribution is 5.95. The Balaban J connectivity index is 1.47. The molecule has 7 heteroatoms. The lowest BCUT2D eigenvalue weighted by Gasteiger charge is -2.34. The van der Waals surface area contributed by atoms with Crippen LogP contribution in [0.1, 0.15) is 61.1 Å². The van der Waals surface area contributed by atoms with Gasteiger partial charge in [0.1, 0.15) is 5.56 Å². The van der Waals surface area contributed by atoms with Crippen molar-refractivity contribution in [1.82, 2.24) is 14.8 Å². The van der Waals surface area contributed by atoms with Crippen molar-refractivity contribution in [2.45, 2.75) is 70.2 Å². The second-order valence-electron chi connectivity index (χ2n) is 8.92. The van der Waals surface area contributed by atoms with Crippen LogP contribution in [0.2, 0.25) is 0 Å². The Morgan fingerprint density at radius 1 is 1.29 bits per heavy atom. The van der Waals surface area contributed by atoms with Gasteiger partial charge < -0.3 is 19.5 Å². The molecule has 2 amide bonds. The van der Waals surface area contributed by atoms with Crippen molar-refractivity contribution >= 4 is 11.8 Å². The molecule has 7 nitrogen and oxygen atoms in total. The lowest BCUT2D eigenvalue weighted by atomic mass is 9.94. The standard InChI is InChI=1S/C21H27N3O4/c1-12(2)16-11-28-21-7-8-23(17(21)10-18(25)24(16)21)20(27)14-9-13-5-3-4-6-15(13)22-19(14)26/h9,12,16-17H,3-8,10-11H2,1-2H3,(H,22,26)/t16-,17+,21-/m0/s1. The number of nitrogens with one attached hydrogen (secondary N) is 1. The minimum atomic E-state index is -0.706. The van der Waals surface area contributed by atoms with E-state index in [1.54, 1.807) is 11.0 Å². The predicted molar refractivity (Wildman–Crippen MR) is 102 cm³/mol. The highest BCUT2D eigenvalue weighted by Crippen LogP contribution is 2.49. The van der Waals surface area contributed by atoms with E-state index in [0.717, 1.165) is 36.9 Å². The summed E-state index contributed by atoms with van der Waals surface area (Å²) in [5, 5.41) is 0. The number of H-pyrrole nitrogens is 1. The minimum Gasteiger partial charge on any atom is -0.351 e. The first-order valence-corrected chi connectivity index (χ1v) is 10.4. The lowest BCUT2D eigenvalue weighted by Crippen LogP contribution is -2.51. The highest BCUT2D eigenvalue weighted by Gasteiger charge is 2.65. The first-order valence-electron chi connectivity index (χ1n) is 10.4. The van der Waals surface area contributed by atoms with E-state index in [2.05, 4.69) is 18.8 Å². The Labute approximate surface area is 164 Å². The summed E-state index contributed by atoms with van der Waals surface area (Å²) in [5.74, 6) is 0.0797. The number of amides is 2. The first-order chi connectivity index (χ1) is 13.4. The van der Waals surface area contributed by atoms with Crippen LogP contribution < -0.4 is 5.56 Å². The van der Waals surface area contributed by atoms with Gasteiger partial charge in [-0.3, -0.25) is 14.4 Å². The van der Waals surface area contributed by atoms with Crippen molar-refractivity contribution in [1.29, 1.82) is 0 Å². The summed E-state index contributed by atoms with van der Waals surface area (Å²) < 4.78 is 6.20. The molecular formula is C21H27N3O4. The van der Waals surface area contributed by atoms with Gasteiger partial charge in [-0.1, -0.05) is 13.8 Å². The number of ether oxygens (including phenoxy) is 1. The minimum absolute atomic E-state index is 0.0538. The van der Waals surface area contributed by atoms with Crippen molar-refractivity contribution < 1.29 is 14.3 Å². The van der Waals surface area contributed by atoms with Crippen molar-refractivity contribution in [2.75, 3.05) is 13.2 Å². The van der Waals surface area contributed by atoms with Crippen molar-refractivity contribution in [2.24, 2.45) is 5.92 Å². The zero-order valence-electron chi connectivity index (χ0n) is 16.5. The second-order valence-corrected chi connectivity index (χ2v) is 8.92. The molecule has 1 N–H and O–H groups in total. The maximum absolute atomic E-state index is 13.3. The van der Waals surface area contributed by atoms with Crippen LogP contribution in [0.5, 0.6) is 0 Å². The molecule has 3 saturated heterocycles. The summed E-state index contributed by atoms with van der Waals surface area (Å²) in [7, 11) is 0. The molecule has 0 radical (unpaired) electrons. The lowest BCUT2D eigenvalue weighted by molar-refractivity contribution is -0.139. The van der Waals surface area contributed by atoms with E-state index < -0.39 is 5.72 Å². The molecule has 0 saturated carbocycles. The Kier molecular flexibility index (Phi) is 3.95. The van der Waals surface area contributed by atoms with E-state index in [0.29, 0.717) is 25.5 Å². The van der Waals surface area contributed by atoms with Crippen LogP contribution >= 0.6 is 0 Å². The number of rotatable bonds is 2. The smallest absolute Gasteiger partial charge is 0.261 e. The Bertz CT molecular complexity index is 907. The van der Waals surface area contributed by atoms with Gasteiger partial charge in [0.05, 0.1) is 25.1 Å². The molecule has 3 aliphatic heterocycles. The molecule has 5 rings (SSSR count). The second kappa shape index (κ2) is 6.17. The monoisotopic (exact) mass is 385 g/mol. The Morgan fingerprint density at radius 2 is 2.07 bits per heavy atom. The molecule has 1 aromatic heterocycles. The third kappa shape index (κ3) is 2.35. The van der Waals surface area contributed by atoms with Gasteiger partial charge in [0.2, 0.25) is 5.91 Å². The van der Waals surface area contributed by atoms with Gasteiger partial charge >= 0.3 is 0 Å². The number of aromatic nitrogens is 1. The maximum atomic E-state index is 13.3. The number of fused-ring (bicyclic) bond motifs is 1. The topological polar surface area (TPSA) is 82.7 Å². The fourth-order valence-electron chi connectivity index (χ4n) is 5.60. The van der Waals surface area contributed by atoms with Crippen LogP contribution in [-0.4, -0.2) is 57.6 Å². The number of hydrogen-bond acceptors (Lipinski definition) is 4. The highest BCUT2D eigenvalue weighted by atomic mass is 16.5. The normalized spacial score (nSPS) is 31.3. The summed E-state index contributed by atoms with van der Waals surface area (Å²) in [6.45, 7) is 5.21. The fourth-order valence-corrected chi connectivity index (χ4v) is 5.60. The van der Waals surface area contributed by atoms with Gasteiger partial charge in [-0.2, -0.15) is 0 Å². The molecule has 3 atom stereocenters. The average molecular weight is 385 g/mol. The van der Waals surface area contributed by atoms with Gasteiger partial charge in [-0.05, 0) is 43.2 Å². The van der Waals surface area contributed by atoms with Crippen molar-refractivity contribution in [3.05, 3.63) is 33.2 Å². The van der Waals surface area contributed by atoms with E-state index in [1.807, 2.05) is 4.90 Å². The Morgan fingerprint density at radius 3 is 2.86 bits per heavy atom. The number of hydrogen-bond donors (Lipinski definition) is 1.